The Labute approximate surface area is 175 Å². The quantitative estimate of drug-likeness (QED) is 0.756. The molecule has 7 heteroatoms. The van der Waals surface area contributed by atoms with Crippen molar-refractivity contribution in [2.24, 2.45) is 5.92 Å². The molecule has 0 spiro atoms. The Balaban J connectivity index is 1.23. The van der Waals surface area contributed by atoms with E-state index in [1.807, 2.05) is 40.6 Å². The Morgan fingerprint density at radius 2 is 1.93 bits per heavy atom. The lowest BCUT2D eigenvalue weighted by Crippen LogP contribution is -2.44. The Morgan fingerprint density at radius 1 is 1.17 bits per heavy atom. The molecule has 1 aliphatic heterocycles. The number of benzene rings is 1. The zero-order valence-corrected chi connectivity index (χ0v) is 17.5. The van der Waals surface area contributed by atoms with Crippen LogP contribution in [0.15, 0.2) is 41.8 Å². The van der Waals surface area contributed by atoms with E-state index in [0.29, 0.717) is 37.0 Å². The molecule has 2 heterocycles. The first-order valence-corrected chi connectivity index (χ1v) is 11.0. The van der Waals surface area contributed by atoms with Crippen molar-refractivity contribution in [3.8, 4) is 5.75 Å². The highest BCUT2D eigenvalue weighted by molar-refractivity contribution is 7.10. The van der Waals surface area contributed by atoms with Crippen molar-refractivity contribution in [1.82, 2.24) is 10.2 Å². The minimum atomic E-state index is -0.274. The minimum absolute atomic E-state index is 0.105. The molecule has 154 valence electrons. The van der Waals surface area contributed by atoms with Crippen LogP contribution in [0.3, 0.4) is 0 Å². The van der Waals surface area contributed by atoms with Crippen molar-refractivity contribution in [3.05, 3.63) is 46.7 Å². The monoisotopic (exact) mass is 413 g/mol. The molecule has 2 N–H and O–H groups in total. The number of hydrogen-bond donors (Lipinski definition) is 2. The number of nitrogens with one attached hydrogen (secondary N) is 2. The molecule has 1 aliphatic carbocycles. The number of nitrogens with zero attached hydrogens (tertiary/aromatic N) is 1. The second kappa shape index (κ2) is 8.45. The van der Waals surface area contributed by atoms with Gasteiger partial charge in [-0.15, -0.1) is 11.3 Å². The summed E-state index contributed by atoms with van der Waals surface area (Å²) < 4.78 is 5.29. The second-order valence-electron chi connectivity index (χ2n) is 7.83. The number of amides is 3. The summed E-state index contributed by atoms with van der Waals surface area (Å²) in [6.07, 6.45) is 3.68. The summed E-state index contributed by atoms with van der Waals surface area (Å²) in [6, 6.07) is 11.4. The fraction of sp³-hybridized carbons (Fsp3) is 0.455. The number of ether oxygens (including phenoxy) is 1. The average molecular weight is 414 g/mol. The Hall–Kier alpha value is -2.54. The van der Waals surface area contributed by atoms with Crippen molar-refractivity contribution >= 4 is 29.0 Å². The summed E-state index contributed by atoms with van der Waals surface area (Å²) in [5, 5.41) is 8.14. The van der Waals surface area contributed by atoms with Crippen LogP contribution in [0.5, 0.6) is 5.75 Å². The molecule has 1 aromatic carbocycles. The molecule has 6 nitrogen and oxygen atoms in total. The molecule has 3 amide bonds. The van der Waals surface area contributed by atoms with Crippen LogP contribution in [0, 0.1) is 5.92 Å². The average Bonchev–Trinajstić information content (AvgIpc) is 3.38. The fourth-order valence-corrected chi connectivity index (χ4v) is 4.93. The summed E-state index contributed by atoms with van der Waals surface area (Å²) in [7, 11) is 1.59. The zero-order chi connectivity index (χ0) is 20.3. The van der Waals surface area contributed by atoms with Crippen LogP contribution >= 0.6 is 11.3 Å². The minimum Gasteiger partial charge on any atom is -0.495 e. The van der Waals surface area contributed by atoms with Gasteiger partial charge in [-0.3, -0.25) is 4.79 Å². The van der Waals surface area contributed by atoms with Crippen molar-refractivity contribution in [1.29, 1.82) is 0 Å². The maximum absolute atomic E-state index is 12.7. The molecule has 2 aliphatic rings. The van der Waals surface area contributed by atoms with Crippen LogP contribution in [-0.4, -0.2) is 43.6 Å². The van der Waals surface area contributed by atoms with Gasteiger partial charge in [-0.05, 0) is 55.2 Å². The summed E-state index contributed by atoms with van der Waals surface area (Å²) in [6.45, 7) is 2.07. The molecule has 1 aromatic heterocycles. The smallest absolute Gasteiger partial charge is 0.321 e. The van der Waals surface area contributed by atoms with E-state index in [2.05, 4.69) is 16.7 Å². The number of anilines is 1. The van der Waals surface area contributed by atoms with Gasteiger partial charge >= 0.3 is 6.03 Å². The third-order valence-corrected chi connectivity index (χ3v) is 7.05. The number of hydrogen-bond acceptors (Lipinski definition) is 4. The third-order valence-electron chi connectivity index (χ3n) is 5.98. The number of para-hydroxylation sites is 2. The maximum Gasteiger partial charge on any atom is 0.321 e. The molecule has 2 aromatic rings. The van der Waals surface area contributed by atoms with Crippen LogP contribution < -0.4 is 15.4 Å². The number of rotatable bonds is 6. The van der Waals surface area contributed by atoms with Gasteiger partial charge in [-0.1, -0.05) is 18.2 Å². The number of piperidine rings is 1. The third kappa shape index (κ3) is 4.24. The SMILES string of the molecule is COc1ccccc1NC(=O)N1CCC(CNC(=O)C2(c3cccs3)CC2)CC1. The highest BCUT2D eigenvalue weighted by Crippen LogP contribution is 2.50. The first kappa shape index (κ1) is 19.8. The van der Waals surface area contributed by atoms with Gasteiger partial charge in [0, 0.05) is 24.5 Å². The molecule has 4 rings (SSSR count). The van der Waals surface area contributed by atoms with Gasteiger partial charge in [0.05, 0.1) is 18.2 Å². The van der Waals surface area contributed by atoms with Gasteiger partial charge in [0.2, 0.25) is 5.91 Å². The van der Waals surface area contributed by atoms with E-state index in [1.54, 1.807) is 18.4 Å². The molecule has 1 saturated heterocycles. The number of thiophene rings is 1. The summed E-state index contributed by atoms with van der Waals surface area (Å²) in [4.78, 5) is 28.3. The number of urea groups is 1. The Morgan fingerprint density at radius 3 is 2.59 bits per heavy atom. The van der Waals surface area contributed by atoms with Crippen molar-refractivity contribution in [3.63, 3.8) is 0 Å². The van der Waals surface area contributed by atoms with Gasteiger partial charge in [0.1, 0.15) is 5.75 Å². The van der Waals surface area contributed by atoms with E-state index in [1.165, 1.54) is 4.88 Å². The number of carbonyl (C=O) groups excluding carboxylic acids is 2. The van der Waals surface area contributed by atoms with Gasteiger partial charge < -0.3 is 20.3 Å². The predicted octanol–water partition coefficient (Wildman–Crippen LogP) is 3.85. The molecule has 0 atom stereocenters. The molecule has 29 heavy (non-hydrogen) atoms. The van der Waals surface area contributed by atoms with Crippen molar-refractivity contribution in [2.45, 2.75) is 31.1 Å². The van der Waals surface area contributed by atoms with E-state index in [-0.39, 0.29) is 17.4 Å². The Kier molecular flexibility index (Phi) is 5.76. The largest absolute Gasteiger partial charge is 0.495 e. The summed E-state index contributed by atoms with van der Waals surface area (Å²) in [5.41, 5.74) is 0.404. The maximum atomic E-state index is 12.7. The summed E-state index contributed by atoms with van der Waals surface area (Å²) >= 11 is 1.67. The van der Waals surface area contributed by atoms with E-state index < -0.39 is 0 Å². The first-order chi connectivity index (χ1) is 14.1. The first-order valence-electron chi connectivity index (χ1n) is 10.1. The fourth-order valence-electron chi connectivity index (χ4n) is 3.95. The molecule has 0 radical (unpaired) electrons. The number of carbonyl (C=O) groups is 2. The summed E-state index contributed by atoms with van der Waals surface area (Å²) in [5.74, 6) is 1.22. The number of methoxy groups -OCH3 is 1. The topological polar surface area (TPSA) is 70.7 Å². The molecule has 0 bridgehead atoms. The van der Waals surface area contributed by atoms with Crippen LogP contribution in [0.1, 0.15) is 30.6 Å². The molecule has 1 saturated carbocycles. The standard InChI is InChI=1S/C22H27N3O3S/c1-28-18-6-3-2-5-17(18)24-21(27)25-12-8-16(9-13-25)15-23-20(26)22(10-11-22)19-7-4-14-29-19/h2-7,14,16H,8-13,15H2,1H3,(H,23,26)(H,24,27). The second-order valence-corrected chi connectivity index (χ2v) is 8.78. The van der Waals surface area contributed by atoms with Gasteiger partial charge in [-0.2, -0.15) is 0 Å². The van der Waals surface area contributed by atoms with Crippen LogP contribution in [-0.2, 0) is 10.2 Å². The van der Waals surface area contributed by atoms with E-state index in [4.69, 9.17) is 4.74 Å². The molecule has 2 fully saturated rings. The van der Waals surface area contributed by atoms with Gasteiger partial charge in [0.25, 0.3) is 0 Å². The molecular formula is C22H27N3O3S. The van der Waals surface area contributed by atoms with Crippen LogP contribution in [0.25, 0.3) is 0 Å². The lowest BCUT2D eigenvalue weighted by atomic mass is 9.96. The highest BCUT2D eigenvalue weighted by atomic mass is 32.1. The highest BCUT2D eigenvalue weighted by Gasteiger charge is 2.52. The van der Waals surface area contributed by atoms with Gasteiger partial charge in [-0.25, -0.2) is 4.79 Å². The predicted molar refractivity (Wildman–Crippen MR) is 115 cm³/mol. The molecule has 0 unspecified atom stereocenters. The van der Waals surface area contributed by atoms with E-state index in [9.17, 15) is 9.59 Å². The molecular weight excluding hydrogens is 386 g/mol. The normalized spacial score (nSPS) is 18.2. The van der Waals surface area contributed by atoms with Crippen molar-refractivity contribution < 1.29 is 14.3 Å². The van der Waals surface area contributed by atoms with Gasteiger partial charge in [0.15, 0.2) is 0 Å². The Bertz CT molecular complexity index is 856. The zero-order valence-electron chi connectivity index (χ0n) is 16.6. The van der Waals surface area contributed by atoms with E-state index in [0.717, 1.165) is 25.7 Å². The van der Waals surface area contributed by atoms with Crippen LogP contribution in [0.4, 0.5) is 10.5 Å². The number of likely N-dealkylation sites (tertiary alicyclic amines) is 1. The lowest BCUT2D eigenvalue weighted by molar-refractivity contribution is -0.123. The van der Waals surface area contributed by atoms with E-state index >= 15 is 0 Å². The van der Waals surface area contributed by atoms with Crippen LogP contribution in [0.2, 0.25) is 0 Å². The van der Waals surface area contributed by atoms with Crippen molar-refractivity contribution in [2.75, 3.05) is 32.1 Å². The lowest BCUT2D eigenvalue weighted by Gasteiger charge is -2.32.